The maximum atomic E-state index is 5.57. The number of para-hydroxylation sites is 1. The van der Waals surface area contributed by atoms with Crippen LogP contribution in [0.25, 0.3) is 0 Å². The first kappa shape index (κ1) is 11.4. The molecule has 0 saturated carbocycles. The molecule has 0 saturated heterocycles. The number of rotatable bonds is 5. The van der Waals surface area contributed by atoms with Crippen molar-refractivity contribution >= 4 is 23.1 Å². The zero-order valence-corrected chi connectivity index (χ0v) is 10.6. The van der Waals surface area contributed by atoms with Crippen LogP contribution in [0.1, 0.15) is 5.01 Å². The lowest BCUT2D eigenvalue weighted by molar-refractivity contribution is 0.344. The number of thioether (sulfide) groups is 1. The summed E-state index contributed by atoms with van der Waals surface area (Å²) in [7, 11) is 0. The van der Waals surface area contributed by atoms with Gasteiger partial charge in [-0.05, 0) is 19.1 Å². The van der Waals surface area contributed by atoms with Crippen molar-refractivity contribution in [2.75, 3.05) is 12.4 Å². The SMILES string of the molecule is Cc1nnc(SCCOc2ccccc2)s1. The van der Waals surface area contributed by atoms with Gasteiger partial charge in [0, 0.05) is 5.75 Å². The van der Waals surface area contributed by atoms with Crippen molar-refractivity contribution in [3.8, 4) is 5.75 Å². The van der Waals surface area contributed by atoms with Crippen LogP contribution in [0.4, 0.5) is 0 Å². The minimum absolute atomic E-state index is 0.688. The van der Waals surface area contributed by atoms with Gasteiger partial charge in [0.25, 0.3) is 0 Å². The third-order valence-corrected chi connectivity index (χ3v) is 3.76. The van der Waals surface area contributed by atoms with Crippen LogP contribution in [0.5, 0.6) is 5.75 Å². The summed E-state index contributed by atoms with van der Waals surface area (Å²) in [5, 5.41) is 9.00. The van der Waals surface area contributed by atoms with E-state index in [9.17, 15) is 0 Å². The molecule has 2 rings (SSSR count). The van der Waals surface area contributed by atoms with Crippen molar-refractivity contribution in [1.29, 1.82) is 0 Å². The van der Waals surface area contributed by atoms with Crippen LogP contribution < -0.4 is 4.74 Å². The van der Waals surface area contributed by atoms with E-state index in [1.165, 1.54) is 0 Å². The molecular weight excluding hydrogens is 240 g/mol. The topological polar surface area (TPSA) is 35.0 Å². The van der Waals surface area contributed by atoms with E-state index in [1.54, 1.807) is 23.1 Å². The molecule has 1 heterocycles. The van der Waals surface area contributed by atoms with Crippen molar-refractivity contribution in [2.45, 2.75) is 11.3 Å². The van der Waals surface area contributed by atoms with E-state index in [4.69, 9.17) is 4.74 Å². The van der Waals surface area contributed by atoms with Gasteiger partial charge in [-0.1, -0.05) is 41.3 Å². The summed E-state index contributed by atoms with van der Waals surface area (Å²) >= 11 is 3.30. The Morgan fingerprint density at radius 3 is 2.75 bits per heavy atom. The number of hydrogen-bond acceptors (Lipinski definition) is 5. The van der Waals surface area contributed by atoms with Crippen LogP contribution in [0.15, 0.2) is 34.7 Å². The Morgan fingerprint density at radius 1 is 1.25 bits per heavy atom. The van der Waals surface area contributed by atoms with Crippen LogP contribution in [0.3, 0.4) is 0 Å². The van der Waals surface area contributed by atoms with E-state index < -0.39 is 0 Å². The Bertz CT molecular complexity index is 431. The van der Waals surface area contributed by atoms with Crippen molar-refractivity contribution in [1.82, 2.24) is 10.2 Å². The minimum Gasteiger partial charge on any atom is -0.493 e. The van der Waals surface area contributed by atoms with Gasteiger partial charge in [-0.25, -0.2) is 0 Å². The first-order chi connectivity index (χ1) is 7.84. The summed E-state index contributed by atoms with van der Waals surface area (Å²) < 4.78 is 6.58. The van der Waals surface area contributed by atoms with Gasteiger partial charge in [-0.3, -0.25) is 0 Å². The molecule has 0 spiro atoms. The Balaban J connectivity index is 1.69. The molecule has 84 valence electrons. The highest BCUT2D eigenvalue weighted by atomic mass is 32.2. The zero-order chi connectivity index (χ0) is 11.2. The van der Waals surface area contributed by atoms with Gasteiger partial charge in [-0.15, -0.1) is 10.2 Å². The monoisotopic (exact) mass is 252 g/mol. The van der Waals surface area contributed by atoms with Crippen molar-refractivity contribution in [2.24, 2.45) is 0 Å². The van der Waals surface area contributed by atoms with E-state index in [0.29, 0.717) is 6.61 Å². The molecule has 1 aromatic heterocycles. The Kier molecular flexibility index (Phi) is 4.18. The van der Waals surface area contributed by atoms with E-state index in [1.807, 2.05) is 37.3 Å². The summed E-state index contributed by atoms with van der Waals surface area (Å²) in [6.45, 7) is 2.65. The second-order valence-electron chi connectivity index (χ2n) is 3.10. The maximum absolute atomic E-state index is 5.57. The Labute approximate surface area is 103 Å². The van der Waals surface area contributed by atoms with Crippen molar-refractivity contribution in [3.05, 3.63) is 35.3 Å². The molecule has 0 aliphatic rings. The van der Waals surface area contributed by atoms with Gasteiger partial charge in [0.05, 0.1) is 6.61 Å². The lowest BCUT2D eigenvalue weighted by Crippen LogP contribution is -1.99. The smallest absolute Gasteiger partial charge is 0.174 e. The third-order valence-electron chi connectivity index (χ3n) is 1.83. The summed E-state index contributed by atoms with van der Waals surface area (Å²) in [5.74, 6) is 1.81. The van der Waals surface area contributed by atoms with Crippen LogP contribution in [-0.4, -0.2) is 22.6 Å². The fraction of sp³-hybridized carbons (Fsp3) is 0.273. The molecule has 0 amide bonds. The second kappa shape index (κ2) is 5.86. The first-order valence-electron chi connectivity index (χ1n) is 4.95. The Hall–Kier alpha value is -1.07. The highest BCUT2D eigenvalue weighted by Crippen LogP contribution is 2.21. The molecule has 2 aromatic rings. The van der Waals surface area contributed by atoms with Gasteiger partial charge in [0.15, 0.2) is 4.34 Å². The predicted octanol–water partition coefficient (Wildman–Crippen LogP) is 3.02. The molecule has 0 fully saturated rings. The second-order valence-corrected chi connectivity index (χ2v) is 5.62. The fourth-order valence-corrected chi connectivity index (χ4v) is 2.85. The molecule has 0 atom stereocenters. The van der Waals surface area contributed by atoms with E-state index in [2.05, 4.69) is 10.2 Å². The van der Waals surface area contributed by atoms with Crippen molar-refractivity contribution in [3.63, 3.8) is 0 Å². The molecular formula is C11H12N2OS2. The summed E-state index contributed by atoms with van der Waals surface area (Å²) in [6, 6.07) is 9.83. The first-order valence-corrected chi connectivity index (χ1v) is 6.75. The third kappa shape index (κ3) is 3.50. The largest absolute Gasteiger partial charge is 0.493 e. The van der Waals surface area contributed by atoms with Gasteiger partial charge in [0.1, 0.15) is 10.8 Å². The van der Waals surface area contributed by atoms with Gasteiger partial charge >= 0.3 is 0 Å². The number of nitrogens with zero attached hydrogens (tertiary/aromatic N) is 2. The van der Waals surface area contributed by atoms with Crippen LogP contribution in [0, 0.1) is 6.92 Å². The molecule has 0 aliphatic carbocycles. The molecule has 0 aliphatic heterocycles. The van der Waals surface area contributed by atoms with Crippen molar-refractivity contribution < 1.29 is 4.74 Å². The standard InChI is InChI=1S/C11H12N2OS2/c1-9-12-13-11(16-9)15-8-7-14-10-5-3-2-4-6-10/h2-6H,7-8H2,1H3. The fourth-order valence-electron chi connectivity index (χ4n) is 1.14. The molecule has 3 nitrogen and oxygen atoms in total. The molecule has 5 heteroatoms. The predicted molar refractivity (Wildman–Crippen MR) is 67.3 cm³/mol. The number of hydrogen-bond donors (Lipinski definition) is 0. The number of aryl methyl sites for hydroxylation is 1. The normalized spacial score (nSPS) is 10.3. The zero-order valence-electron chi connectivity index (χ0n) is 8.92. The lowest BCUT2D eigenvalue weighted by Gasteiger charge is -2.03. The highest BCUT2D eigenvalue weighted by Gasteiger charge is 2.00. The molecule has 16 heavy (non-hydrogen) atoms. The quantitative estimate of drug-likeness (QED) is 0.605. The Morgan fingerprint density at radius 2 is 2.06 bits per heavy atom. The van der Waals surface area contributed by atoms with Crippen LogP contribution >= 0.6 is 23.1 Å². The molecule has 0 bridgehead atoms. The average Bonchev–Trinajstić information content (AvgIpc) is 2.72. The molecule has 1 aromatic carbocycles. The maximum Gasteiger partial charge on any atom is 0.174 e. The molecule has 0 N–H and O–H groups in total. The van der Waals surface area contributed by atoms with Crippen LogP contribution in [-0.2, 0) is 0 Å². The summed E-state index contributed by atoms with van der Waals surface area (Å²) in [4.78, 5) is 0. The minimum atomic E-state index is 0.688. The summed E-state index contributed by atoms with van der Waals surface area (Å²) in [6.07, 6.45) is 0. The number of ether oxygens (including phenoxy) is 1. The van der Waals surface area contributed by atoms with Crippen LogP contribution in [0.2, 0.25) is 0 Å². The van der Waals surface area contributed by atoms with E-state index >= 15 is 0 Å². The average molecular weight is 252 g/mol. The van der Waals surface area contributed by atoms with E-state index in [-0.39, 0.29) is 0 Å². The highest BCUT2D eigenvalue weighted by molar-refractivity contribution is 8.01. The van der Waals surface area contributed by atoms with Gasteiger partial charge in [-0.2, -0.15) is 0 Å². The summed E-state index contributed by atoms with van der Waals surface area (Å²) in [5.41, 5.74) is 0. The number of aromatic nitrogens is 2. The van der Waals surface area contributed by atoms with E-state index in [0.717, 1.165) is 20.8 Å². The van der Waals surface area contributed by atoms with Gasteiger partial charge in [0.2, 0.25) is 0 Å². The lowest BCUT2D eigenvalue weighted by atomic mass is 10.3. The number of benzene rings is 1. The van der Waals surface area contributed by atoms with Gasteiger partial charge < -0.3 is 4.74 Å². The molecule has 0 unspecified atom stereocenters. The molecule has 0 radical (unpaired) electrons.